The van der Waals surface area contributed by atoms with Crippen molar-refractivity contribution in [3.8, 4) is 22.7 Å². The quantitative estimate of drug-likeness (QED) is 0.515. The van der Waals surface area contributed by atoms with Crippen molar-refractivity contribution in [3.63, 3.8) is 0 Å². The van der Waals surface area contributed by atoms with Crippen LogP contribution in [0.3, 0.4) is 0 Å². The van der Waals surface area contributed by atoms with E-state index >= 15 is 0 Å². The van der Waals surface area contributed by atoms with Gasteiger partial charge in [0.05, 0.1) is 26.5 Å². The zero-order valence-electron chi connectivity index (χ0n) is 18.1. The first-order valence-corrected chi connectivity index (χ1v) is 10.0. The molecule has 1 heterocycles. The molecular weight excluding hydrogens is 414 g/mol. The van der Waals surface area contributed by atoms with Gasteiger partial charge in [0, 0.05) is 30.4 Å². The SMILES string of the molecule is CCN(CCO)c1ccc(-c2nn(-c3ccccc3)c(C(=O)OC)c2C(=O)OC)c(O)c1. The molecule has 0 saturated heterocycles. The third kappa shape index (κ3) is 4.28. The van der Waals surface area contributed by atoms with E-state index in [1.165, 1.54) is 25.0 Å². The van der Waals surface area contributed by atoms with Gasteiger partial charge in [-0.05, 0) is 31.2 Å². The number of anilines is 1. The van der Waals surface area contributed by atoms with Gasteiger partial charge in [0.25, 0.3) is 0 Å². The molecule has 2 aromatic carbocycles. The Morgan fingerprint density at radius 1 is 1.06 bits per heavy atom. The number of phenolic OH excluding ortho intramolecular Hbond substituents is 1. The maximum Gasteiger partial charge on any atom is 0.357 e. The molecule has 3 aromatic rings. The van der Waals surface area contributed by atoms with E-state index < -0.39 is 11.9 Å². The lowest BCUT2D eigenvalue weighted by Gasteiger charge is -2.22. The molecule has 9 nitrogen and oxygen atoms in total. The summed E-state index contributed by atoms with van der Waals surface area (Å²) in [5, 5.41) is 24.5. The minimum atomic E-state index is -0.790. The van der Waals surface area contributed by atoms with Crippen LogP contribution in [0, 0.1) is 0 Å². The summed E-state index contributed by atoms with van der Waals surface area (Å²) < 4.78 is 11.1. The van der Waals surface area contributed by atoms with Crippen molar-refractivity contribution in [2.45, 2.75) is 6.92 Å². The summed E-state index contributed by atoms with van der Waals surface area (Å²) in [6.45, 7) is 2.92. The molecule has 0 radical (unpaired) electrons. The van der Waals surface area contributed by atoms with E-state index in [0.29, 0.717) is 24.5 Å². The van der Waals surface area contributed by atoms with Crippen molar-refractivity contribution in [2.75, 3.05) is 38.8 Å². The number of carbonyl (C=O) groups is 2. The van der Waals surface area contributed by atoms with E-state index in [1.807, 2.05) is 17.9 Å². The van der Waals surface area contributed by atoms with Gasteiger partial charge in [-0.3, -0.25) is 0 Å². The second-order valence-corrected chi connectivity index (χ2v) is 6.81. The number of aromatic hydroxyl groups is 1. The van der Waals surface area contributed by atoms with Crippen LogP contribution in [0.5, 0.6) is 5.75 Å². The van der Waals surface area contributed by atoms with Gasteiger partial charge < -0.3 is 24.6 Å². The monoisotopic (exact) mass is 439 g/mol. The predicted octanol–water partition coefficient (Wildman–Crippen LogP) is 2.64. The number of esters is 2. The highest BCUT2D eigenvalue weighted by Crippen LogP contribution is 2.36. The van der Waals surface area contributed by atoms with Gasteiger partial charge in [0.1, 0.15) is 17.0 Å². The molecular formula is C23H25N3O6. The molecule has 0 bridgehead atoms. The van der Waals surface area contributed by atoms with E-state index in [-0.39, 0.29) is 34.9 Å². The first-order valence-electron chi connectivity index (χ1n) is 10.0. The van der Waals surface area contributed by atoms with E-state index in [2.05, 4.69) is 5.10 Å². The van der Waals surface area contributed by atoms with Gasteiger partial charge in [-0.1, -0.05) is 18.2 Å². The van der Waals surface area contributed by atoms with E-state index in [1.54, 1.807) is 36.4 Å². The Bertz CT molecular complexity index is 1110. The molecule has 2 N–H and O–H groups in total. The maximum absolute atomic E-state index is 12.7. The summed E-state index contributed by atoms with van der Waals surface area (Å²) in [5.41, 5.74) is 1.32. The summed E-state index contributed by atoms with van der Waals surface area (Å²) in [4.78, 5) is 27.2. The number of aliphatic hydroxyl groups excluding tert-OH is 1. The van der Waals surface area contributed by atoms with Gasteiger partial charge in [-0.15, -0.1) is 0 Å². The Labute approximate surface area is 185 Å². The zero-order chi connectivity index (χ0) is 23.3. The second kappa shape index (κ2) is 9.97. The Morgan fingerprint density at radius 3 is 2.31 bits per heavy atom. The largest absolute Gasteiger partial charge is 0.507 e. The number of rotatable bonds is 8. The van der Waals surface area contributed by atoms with Crippen molar-refractivity contribution >= 4 is 17.6 Å². The number of aliphatic hydroxyl groups is 1. The molecule has 0 aliphatic heterocycles. The number of benzene rings is 2. The Morgan fingerprint density at radius 2 is 1.75 bits per heavy atom. The van der Waals surface area contributed by atoms with E-state index in [4.69, 9.17) is 9.47 Å². The molecule has 0 unspecified atom stereocenters. The van der Waals surface area contributed by atoms with E-state index in [0.717, 1.165) is 0 Å². The molecule has 0 aliphatic carbocycles. The summed E-state index contributed by atoms with van der Waals surface area (Å²) in [6.07, 6.45) is 0. The van der Waals surface area contributed by atoms with Crippen LogP contribution in [0.4, 0.5) is 5.69 Å². The third-order valence-corrected chi connectivity index (χ3v) is 5.01. The molecule has 3 rings (SSSR count). The van der Waals surface area contributed by atoms with Gasteiger partial charge in [-0.2, -0.15) is 5.10 Å². The first-order chi connectivity index (χ1) is 15.5. The van der Waals surface area contributed by atoms with Crippen LogP contribution in [0.2, 0.25) is 0 Å². The summed E-state index contributed by atoms with van der Waals surface area (Å²) >= 11 is 0. The number of nitrogens with zero attached hydrogens (tertiary/aromatic N) is 3. The van der Waals surface area contributed by atoms with Crippen molar-refractivity contribution in [1.82, 2.24) is 9.78 Å². The van der Waals surface area contributed by atoms with Gasteiger partial charge in [0.2, 0.25) is 0 Å². The lowest BCUT2D eigenvalue weighted by atomic mass is 10.0. The molecule has 0 saturated carbocycles. The van der Waals surface area contributed by atoms with Gasteiger partial charge >= 0.3 is 11.9 Å². The average Bonchev–Trinajstić information content (AvgIpc) is 3.22. The van der Waals surface area contributed by atoms with Crippen molar-refractivity contribution < 1.29 is 29.3 Å². The van der Waals surface area contributed by atoms with Crippen LogP contribution in [-0.4, -0.2) is 65.8 Å². The molecule has 0 amide bonds. The summed E-state index contributed by atoms with van der Waals surface area (Å²) in [7, 11) is 2.40. The molecule has 1 aromatic heterocycles. The molecule has 0 spiro atoms. The number of phenols is 1. The molecule has 0 atom stereocenters. The van der Waals surface area contributed by atoms with E-state index in [9.17, 15) is 19.8 Å². The smallest absolute Gasteiger partial charge is 0.357 e. The standard InChI is InChI=1S/C23H25N3O6/c1-4-25(12-13-27)16-10-11-17(18(28)14-16)20-19(22(29)31-2)21(23(30)32-3)26(24-20)15-8-6-5-7-9-15/h5-11,14,27-28H,4,12-13H2,1-3H3. The lowest BCUT2D eigenvalue weighted by Crippen LogP contribution is -2.25. The topological polar surface area (TPSA) is 114 Å². The molecule has 0 fully saturated rings. The van der Waals surface area contributed by atoms with Gasteiger partial charge in [0.15, 0.2) is 5.69 Å². The fourth-order valence-electron chi connectivity index (χ4n) is 3.45. The first kappa shape index (κ1) is 22.8. The Balaban J connectivity index is 2.25. The molecule has 0 aliphatic rings. The van der Waals surface area contributed by atoms with Crippen molar-refractivity contribution in [1.29, 1.82) is 0 Å². The number of hydrogen-bond donors (Lipinski definition) is 2. The Hall–Kier alpha value is -3.85. The summed E-state index contributed by atoms with van der Waals surface area (Å²) in [5.74, 6) is -1.70. The number of hydrogen-bond acceptors (Lipinski definition) is 8. The predicted molar refractivity (Wildman–Crippen MR) is 118 cm³/mol. The number of carbonyl (C=O) groups excluding carboxylic acids is 2. The number of methoxy groups -OCH3 is 2. The minimum absolute atomic E-state index is 0.0349. The highest BCUT2D eigenvalue weighted by molar-refractivity contribution is 6.07. The Kier molecular flexibility index (Phi) is 7.11. The number of aromatic nitrogens is 2. The molecule has 32 heavy (non-hydrogen) atoms. The number of para-hydroxylation sites is 1. The van der Waals surface area contributed by atoms with Gasteiger partial charge in [-0.25, -0.2) is 14.3 Å². The van der Waals surface area contributed by atoms with Crippen LogP contribution in [0.15, 0.2) is 48.5 Å². The van der Waals surface area contributed by atoms with Crippen LogP contribution >= 0.6 is 0 Å². The fourth-order valence-corrected chi connectivity index (χ4v) is 3.45. The van der Waals surface area contributed by atoms with Crippen molar-refractivity contribution in [2.24, 2.45) is 0 Å². The molecule has 168 valence electrons. The van der Waals surface area contributed by atoms with Crippen LogP contribution < -0.4 is 4.90 Å². The van der Waals surface area contributed by atoms with Crippen LogP contribution in [-0.2, 0) is 9.47 Å². The normalized spacial score (nSPS) is 10.6. The van der Waals surface area contributed by atoms with Crippen molar-refractivity contribution in [3.05, 3.63) is 59.8 Å². The number of ether oxygens (including phenoxy) is 2. The van der Waals surface area contributed by atoms with Crippen LogP contribution in [0.1, 0.15) is 27.8 Å². The zero-order valence-corrected chi connectivity index (χ0v) is 18.1. The second-order valence-electron chi connectivity index (χ2n) is 6.81. The number of likely N-dealkylation sites (N-methyl/N-ethyl adjacent to an activating group) is 1. The summed E-state index contributed by atoms with van der Waals surface area (Å²) in [6, 6.07) is 13.7. The molecule has 9 heteroatoms. The highest BCUT2D eigenvalue weighted by Gasteiger charge is 2.32. The fraction of sp³-hybridized carbons (Fsp3) is 0.261. The highest BCUT2D eigenvalue weighted by atomic mass is 16.5. The third-order valence-electron chi connectivity index (χ3n) is 5.01. The maximum atomic E-state index is 12.7. The van der Waals surface area contributed by atoms with Crippen LogP contribution in [0.25, 0.3) is 16.9 Å². The minimum Gasteiger partial charge on any atom is -0.507 e. The lowest BCUT2D eigenvalue weighted by molar-refractivity contribution is 0.0549. The average molecular weight is 439 g/mol.